The Labute approximate surface area is 235 Å². The van der Waals surface area contributed by atoms with Crippen molar-refractivity contribution < 1.29 is 19.2 Å². The van der Waals surface area contributed by atoms with Gasteiger partial charge in [0.2, 0.25) is 0 Å². The van der Waals surface area contributed by atoms with Gasteiger partial charge in [0.05, 0.1) is 16.0 Å². The van der Waals surface area contributed by atoms with Crippen LogP contribution in [0.5, 0.6) is 11.5 Å². The minimum atomic E-state index is -0.455. The van der Waals surface area contributed by atoms with Crippen LogP contribution in [0.25, 0.3) is 6.08 Å². The molecule has 1 aliphatic rings. The number of nitro groups is 1. The van der Waals surface area contributed by atoms with Gasteiger partial charge >= 0.3 is 0 Å². The lowest BCUT2D eigenvalue weighted by Crippen LogP contribution is -2.49. The summed E-state index contributed by atoms with van der Waals surface area (Å²) in [5.41, 5.74) is 2.36. The molecule has 0 unspecified atom stereocenters. The molecule has 0 spiro atoms. The van der Waals surface area contributed by atoms with Gasteiger partial charge in [0, 0.05) is 44.0 Å². The van der Waals surface area contributed by atoms with Gasteiger partial charge in [-0.3, -0.25) is 14.9 Å². The fourth-order valence-electron chi connectivity index (χ4n) is 4.27. The number of anilines is 1. The minimum absolute atomic E-state index is 0.0177. The number of hydrogen-bond donors (Lipinski definition) is 0. The normalized spacial score (nSPS) is 13.5. The van der Waals surface area contributed by atoms with E-state index in [9.17, 15) is 20.2 Å². The Kier molecular flexibility index (Phi) is 9.18. The van der Waals surface area contributed by atoms with Gasteiger partial charge in [0.15, 0.2) is 11.5 Å². The van der Waals surface area contributed by atoms with E-state index in [1.54, 1.807) is 35.2 Å². The first-order valence-electron chi connectivity index (χ1n) is 12.4. The Hall–Kier alpha value is -4.36. The van der Waals surface area contributed by atoms with Gasteiger partial charge < -0.3 is 19.3 Å². The molecule has 200 valence electrons. The summed E-state index contributed by atoms with van der Waals surface area (Å²) in [7, 11) is 0. The largest absolute Gasteiger partial charge is 0.490 e. The van der Waals surface area contributed by atoms with Crippen molar-refractivity contribution in [2.24, 2.45) is 0 Å². The van der Waals surface area contributed by atoms with Crippen LogP contribution in [0.15, 0.2) is 76.8 Å². The Bertz CT molecular complexity index is 1410. The third-order valence-corrected chi connectivity index (χ3v) is 6.78. The summed E-state index contributed by atoms with van der Waals surface area (Å²) < 4.78 is 12.3. The number of benzene rings is 3. The lowest BCUT2D eigenvalue weighted by atomic mass is 10.1. The average molecular weight is 591 g/mol. The number of nitro benzene ring substituents is 1. The summed E-state index contributed by atoms with van der Waals surface area (Å²) in [6.45, 7) is 4.70. The number of piperazine rings is 1. The van der Waals surface area contributed by atoms with Crippen LogP contribution in [-0.4, -0.2) is 48.5 Å². The molecule has 0 atom stereocenters. The fraction of sp³-hybridized carbons (Fsp3) is 0.241. The molecule has 4 rings (SSSR count). The van der Waals surface area contributed by atoms with Gasteiger partial charge in [-0.1, -0.05) is 30.3 Å². The zero-order valence-corrected chi connectivity index (χ0v) is 23.0. The Balaban J connectivity index is 1.49. The summed E-state index contributed by atoms with van der Waals surface area (Å²) in [6, 6.07) is 21.7. The minimum Gasteiger partial charge on any atom is -0.490 e. The summed E-state index contributed by atoms with van der Waals surface area (Å²) >= 11 is 3.51. The van der Waals surface area contributed by atoms with Gasteiger partial charge in [-0.2, -0.15) is 5.26 Å². The number of nitrogens with zero attached hydrogens (tertiary/aromatic N) is 4. The molecule has 1 heterocycles. The van der Waals surface area contributed by atoms with Crippen LogP contribution in [-0.2, 0) is 11.4 Å². The number of hydrogen-bond acceptors (Lipinski definition) is 7. The van der Waals surface area contributed by atoms with E-state index in [0.29, 0.717) is 59.9 Å². The van der Waals surface area contributed by atoms with E-state index in [2.05, 4.69) is 26.9 Å². The molecule has 1 fully saturated rings. The van der Waals surface area contributed by atoms with E-state index in [4.69, 9.17) is 9.47 Å². The zero-order valence-electron chi connectivity index (χ0n) is 21.4. The maximum absolute atomic E-state index is 13.2. The fourth-order valence-corrected chi connectivity index (χ4v) is 4.85. The first kappa shape index (κ1) is 27.7. The average Bonchev–Trinajstić information content (AvgIpc) is 2.96. The van der Waals surface area contributed by atoms with Crippen LogP contribution >= 0.6 is 15.9 Å². The maximum atomic E-state index is 13.2. The third kappa shape index (κ3) is 6.94. The van der Waals surface area contributed by atoms with Crippen molar-refractivity contribution in [3.05, 3.63) is 98.0 Å². The van der Waals surface area contributed by atoms with Crippen LogP contribution in [0.2, 0.25) is 0 Å². The van der Waals surface area contributed by atoms with E-state index >= 15 is 0 Å². The number of amides is 1. The molecule has 0 bridgehead atoms. The van der Waals surface area contributed by atoms with Crippen LogP contribution in [0.1, 0.15) is 18.1 Å². The molecule has 0 aliphatic carbocycles. The molecule has 3 aromatic rings. The van der Waals surface area contributed by atoms with Crippen molar-refractivity contribution in [3.63, 3.8) is 0 Å². The third-order valence-electron chi connectivity index (χ3n) is 6.19. The highest BCUT2D eigenvalue weighted by Gasteiger charge is 2.24. The predicted molar refractivity (Wildman–Crippen MR) is 152 cm³/mol. The monoisotopic (exact) mass is 590 g/mol. The predicted octanol–water partition coefficient (Wildman–Crippen LogP) is 5.59. The first-order valence-corrected chi connectivity index (χ1v) is 13.2. The number of carbonyl (C=O) groups is 1. The number of non-ortho nitro benzene ring substituents is 1. The van der Waals surface area contributed by atoms with E-state index in [0.717, 1.165) is 5.69 Å². The Morgan fingerprint density at radius 2 is 1.82 bits per heavy atom. The molecule has 0 aromatic heterocycles. The van der Waals surface area contributed by atoms with Crippen LogP contribution in [0, 0.1) is 21.4 Å². The van der Waals surface area contributed by atoms with Crippen molar-refractivity contribution in [1.82, 2.24) is 4.90 Å². The zero-order chi connectivity index (χ0) is 27.8. The molecule has 39 heavy (non-hydrogen) atoms. The van der Waals surface area contributed by atoms with E-state index in [-0.39, 0.29) is 23.8 Å². The quantitative estimate of drug-likeness (QED) is 0.138. The summed E-state index contributed by atoms with van der Waals surface area (Å²) in [4.78, 5) is 27.7. The van der Waals surface area contributed by atoms with E-state index in [1.165, 1.54) is 12.1 Å². The summed E-state index contributed by atoms with van der Waals surface area (Å²) in [5, 5.41) is 20.9. The number of rotatable bonds is 9. The van der Waals surface area contributed by atoms with Gasteiger partial charge in [-0.25, -0.2) is 0 Å². The van der Waals surface area contributed by atoms with E-state index < -0.39 is 4.92 Å². The van der Waals surface area contributed by atoms with Crippen LogP contribution in [0.4, 0.5) is 11.4 Å². The van der Waals surface area contributed by atoms with Crippen molar-refractivity contribution in [2.75, 3.05) is 37.7 Å². The van der Waals surface area contributed by atoms with Crippen molar-refractivity contribution in [2.45, 2.75) is 13.5 Å². The molecule has 1 aliphatic heterocycles. The molecule has 9 nitrogen and oxygen atoms in total. The Morgan fingerprint density at radius 1 is 1.08 bits per heavy atom. The van der Waals surface area contributed by atoms with Gasteiger partial charge in [-0.05, 0) is 64.3 Å². The summed E-state index contributed by atoms with van der Waals surface area (Å²) in [6.07, 6.45) is 1.55. The highest BCUT2D eigenvalue weighted by Crippen LogP contribution is 2.38. The summed E-state index contributed by atoms with van der Waals surface area (Å²) in [5.74, 6) is 0.525. The Morgan fingerprint density at radius 3 is 2.49 bits per heavy atom. The van der Waals surface area contributed by atoms with Gasteiger partial charge in [-0.15, -0.1) is 0 Å². The second-order valence-corrected chi connectivity index (χ2v) is 9.62. The number of para-hydroxylation sites is 1. The lowest BCUT2D eigenvalue weighted by Gasteiger charge is -2.36. The molecule has 0 N–H and O–H groups in total. The molecular weight excluding hydrogens is 564 g/mol. The highest BCUT2D eigenvalue weighted by molar-refractivity contribution is 9.10. The number of ether oxygens (including phenoxy) is 2. The molecular formula is C29H27BrN4O5. The van der Waals surface area contributed by atoms with E-state index in [1.807, 2.05) is 37.3 Å². The number of carbonyl (C=O) groups excluding carboxylic acids is 1. The topological polar surface area (TPSA) is 109 Å². The smallest absolute Gasteiger partial charge is 0.269 e. The molecule has 10 heteroatoms. The molecule has 1 saturated heterocycles. The first-order chi connectivity index (χ1) is 18.9. The SMILES string of the molecule is CCOc1cc(/C=C(/C#N)C(=O)N2CCN(c3ccccc3)CC2)cc(Br)c1OCc1cccc([N+](=O)[O-])c1. The second-order valence-electron chi connectivity index (χ2n) is 8.76. The van der Waals surface area contributed by atoms with Crippen molar-refractivity contribution in [1.29, 1.82) is 5.26 Å². The maximum Gasteiger partial charge on any atom is 0.269 e. The second kappa shape index (κ2) is 12.9. The van der Waals surface area contributed by atoms with Gasteiger partial charge in [0.25, 0.3) is 11.6 Å². The van der Waals surface area contributed by atoms with Crippen LogP contribution < -0.4 is 14.4 Å². The molecule has 0 saturated carbocycles. The van der Waals surface area contributed by atoms with Crippen LogP contribution in [0.3, 0.4) is 0 Å². The lowest BCUT2D eigenvalue weighted by molar-refractivity contribution is -0.384. The highest BCUT2D eigenvalue weighted by atomic mass is 79.9. The van der Waals surface area contributed by atoms with Crippen molar-refractivity contribution in [3.8, 4) is 17.6 Å². The molecule has 3 aromatic carbocycles. The molecule has 1 amide bonds. The number of halogens is 1. The van der Waals surface area contributed by atoms with Gasteiger partial charge in [0.1, 0.15) is 18.2 Å². The standard InChI is InChI=1S/C29H27BrN4O5/c1-2-38-27-18-22(17-26(30)28(27)39-20-21-7-6-10-25(16-21)34(36)37)15-23(19-31)29(35)33-13-11-32(12-14-33)24-8-4-3-5-9-24/h3-10,15-18H,2,11-14,20H2,1H3/b23-15-. The molecule has 0 radical (unpaired) electrons. The van der Waals surface area contributed by atoms with Crippen molar-refractivity contribution >= 4 is 39.3 Å². The number of nitriles is 1.